The maximum absolute atomic E-state index is 12.3. The van der Waals surface area contributed by atoms with Gasteiger partial charge in [0.2, 0.25) is 0 Å². The van der Waals surface area contributed by atoms with Crippen LogP contribution >= 0.6 is 11.6 Å². The van der Waals surface area contributed by atoms with Gasteiger partial charge in [-0.15, -0.1) is 11.6 Å². The van der Waals surface area contributed by atoms with Gasteiger partial charge in [-0.2, -0.15) is 0 Å². The standard InChI is InChI=1S/C17H25ClN2O3/c1-17(2,3)23-16(22)20-8-7-12-5-4-6-15(14(12)11-20)19-10-13(21)9-18/h4-6,13,19,21H,7-11H2,1-3H3. The highest BCUT2D eigenvalue weighted by molar-refractivity contribution is 6.18. The average molecular weight is 341 g/mol. The second-order valence-corrected chi connectivity index (χ2v) is 7.09. The Bertz CT molecular complexity index is 557. The van der Waals surface area contributed by atoms with Crippen molar-refractivity contribution in [2.75, 3.05) is 24.3 Å². The van der Waals surface area contributed by atoms with Gasteiger partial charge in [0.15, 0.2) is 0 Å². The Morgan fingerprint density at radius 1 is 1.48 bits per heavy atom. The van der Waals surface area contributed by atoms with Crippen LogP contribution in [0.15, 0.2) is 18.2 Å². The van der Waals surface area contributed by atoms with Crippen LogP contribution in [-0.4, -0.2) is 46.8 Å². The molecule has 0 saturated heterocycles. The molecular formula is C17H25ClN2O3. The molecule has 1 aliphatic rings. The van der Waals surface area contributed by atoms with E-state index in [-0.39, 0.29) is 12.0 Å². The fourth-order valence-corrected chi connectivity index (χ4v) is 2.62. The summed E-state index contributed by atoms with van der Waals surface area (Å²) in [6, 6.07) is 6.01. The summed E-state index contributed by atoms with van der Waals surface area (Å²) in [7, 11) is 0. The van der Waals surface area contributed by atoms with E-state index in [2.05, 4.69) is 11.4 Å². The van der Waals surface area contributed by atoms with Crippen LogP contribution in [-0.2, 0) is 17.7 Å². The van der Waals surface area contributed by atoms with Gasteiger partial charge in [-0.3, -0.25) is 0 Å². The summed E-state index contributed by atoms with van der Waals surface area (Å²) < 4.78 is 5.46. The number of hydrogen-bond acceptors (Lipinski definition) is 4. The van der Waals surface area contributed by atoms with Gasteiger partial charge in [0.05, 0.1) is 18.5 Å². The number of nitrogens with one attached hydrogen (secondary N) is 1. The molecule has 1 aromatic carbocycles. The molecule has 128 valence electrons. The number of halogens is 1. The van der Waals surface area contributed by atoms with Gasteiger partial charge in [-0.05, 0) is 44.4 Å². The van der Waals surface area contributed by atoms with Crippen molar-refractivity contribution in [3.05, 3.63) is 29.3 Å². The quantitative estimate of drug-likeness (QED) is 0.827. The zero-order chi connectivity index (χ0) is 17.0. The second kappa shape index (κ2) is 7.41. The molecule has 0 radical (unpaired) electrons. The molecule has 23 heavy (non-hydrogen) atoms. The highest BCUT2D eigenvalue weighted by Gasteiger charge is 2.26. The first-order valence-electron chi connectivity index (χ1n) is 7.87. The van der Waals surface area contributed by atoms with Crippen LogP contribution in [0.5, 0.6) is 0 Å². The van der Waals surface area contributed by atoms with E-state index in [1.807, 2.05) is 32.9 Å². The van der Waals surface area contributed by atoms with Crippen molar-refractivity contribution >= 4 is 23.4 Å². The minimum Gasteiger partial charge on any atom is -0.444 e. The summed E-state index contributed by atoms with van der Waals surface area (Å²) in [5.74, 6) is 0.187. The minimum absolute atomic E-state index is 0.187. The van der Waals surface area contributed by atoms with E-state index >= 15 is 0 Å². The molecule has 1 atom stereocenters. The first-order chi connectivity index (χ1) is 10.8. The van der Waals surface area contributed by atoms with Crippen molar-refractivity contribution in [2.45, 2.75) is 45.4 Å². The van der Waals surface area contributed by atoms with Crippen LogP contribution in [0.1, 0.15) is 31.9 Å². The molecule has 0 aromatic heterocycles. The maximum atomic E-state index is 12.3. The Balaban J connectivity index is 2.10. The fraction of sp³-hybridized carbons (Fsp3) is 0.588. The first-order valence-corrected chi connectivity index (χ1v) is 8.40. The predicted molar refractivity (Wildman–Crippen MR) is 92.0 cm³/mol. The molecule has 1 aliphatic heterocycles. The molecule has 0 fully saturated rings. The number of aliphatic hydroxyl groups excluding tert-OH is 1. The zero-order valence-corrected chi connectivity index (χ0v) is 14.7. The molecular weight excluding hydrogens is 316 g/mol. The lowest BCUT2D eigenvalue weighted by molar-refractivity contribution is 0.0224. The van der Waals surface area contributed by atoms with Gasteiger partial charge >= 0.3 is 6.09 Å². The number of benzene rings is 1. The van der Waals surface area contributed by atoms with Crippen molar-refractivity contribution in [2.24, 2.45) is 0 Å². The lowest BCUT2D eigenvalue weighted by Gasteiger charge is -2.32. The molecule has 1 aromatic rings. The first kappa shape index (κ1) is 17.9. The third-order valence-electron chi connectivity index (χ3n) is 3.63. The Labute approximate surface area is 142 Å². The summed E-state index contributed by atoms with van der Waals surface area (Å²) >= 11 is 5.63. The Morgan fingerprint density at radius 3 is 2.87 bits per heavy atom. The van der Waals surface area contributed by atoms with E-state index < -0.39 is 11.7 Å². The second-order valence-electron chi connectivity index (χ2n) is 6.78. The molecule has 0 aliphatic carbocycles. The van der Waals surface area contributed by atoms with Crippen molar-refractivity contribution < 1.29 is 14.6 Å². The van der Waals surface area contributed by atoms with E-state index in [4.69, 9.17) is 16.3 Å². The summed E-state index contributed by atoms with van der Waals surface area (Å²) in [6.45, 7) is 7.13. The van der Waals surface area contributed by atoms with E-state index in [1.165, 1.54) is 5.56 Å². The number of carbonyl (C=O) groups excluding carboxylic acids is 1. The van der Waals surface area contributed by atoms with E-state index in [9.17, 15) is 9.90 Å². The molecule has 6 heteroatoms. The summed E-state index contributed by atoms with van der Waals surface area (Å²) in [5.41, 5.74) is 2.72. The lowest BCUT2D eigenvalue weighted by Crippen LogP contribution is -2.40. The number of nitrogens with zero attached hydrogens (tertiary/aromatic N) is 1. The third-order valence-corrected chi connectivity index (χ3v) is 3.99. The molecule has 0 bridgehead atoms. The SMILES string of the molecule is CC(C)(C)OC(=O)N1CCc2cccc(NCC(O)CCl)c2C1. The highest BCUT2D eigenvalue weighted by Crippen LogP contribution is 2.27. The molecule has 0 spiro atoms. The van der Waals surface area contributed by atoms with E-state index in [1.54, 1.807) is 4.90 Å². The number of hydrogen-bond donors (Lipinski definition) is 2. The van der Waals surface area contributed by atoms with Gasteiger partial charge in [0.25, 0.3) is 0 Å². The molecule has 5 nitrogen and oxygen atoms in total. The van der Waals surface area contributed by atoms with Gasteiger partial charge in [0.1, 0.15) is 5.60 Å². The summed E-state index contributed by atoms with van der Waals surface area (Å²) in [4.78, 5) is 14.0. The van der Waals surface area contributed by atoms with Gasteiger partial charge < -0.3 is 20.1 Å². The van der Waals surface area contributed by atoms with Crippen molar-refractivity contribution in [3.63, 3.8) is 0 Å². The van der Waals surface area contributed by atoms with E-state index in [0.29, 0.717) is 19.6 Å². The van der Waals surface area contributed by atoms with Crippen LogP contribution in [0.25, 0.3) is 0 Å². The third kappa shape index (κ3) is 5.01. The van der Waals surface area contributed by atoms with Crippen LogP contribution < -0.4 is 5.32 Å². The van der Waals surface area contributed by atoms with Crippen LogP contribution in [0, 0.1) is 0 Å². The number of carbonyl (C=O) groups is 1. The van der Waals surface area contributed by atoms with Gasteiger partial charge in [-0.25, -0.2) is 4.79 Å². The smallest absolute Gasteiger partial charge is 0.410 e. The average Bonchev–Trinajstić information content (AvgIpc) is 2.50. The van der Waals surface area contributed by atoms with E-state index in [0.717, 1.165) is 17.7 Å². The zero-order valence-electron chi connectivity index (χ0n) is 13.9. The molecule has 0 saturated carbocycles. The number of amides is 1. The topological polar surface area (TPSA) is 61.8 Å². The fourth-order valence-electron chi connectivity index (χ4n) is 2.51. The maximum Gasteiger partial charge on any atom is 0.410 e. The van der Waals surface area contributed by atoms with Crippen molar-refractivity contribution in [3.8, 4) is 0 Å². The number of anilines is 1. The number of fused-ring (bicyclic) bond motifs is 1. The minimum atomic E-state index is -0.599. The molecule has 1 heterocycles. The normalized spacial score (nSPS) is 15.8. The molecule has 1 unspecified atom stereocenters. The van der Waals surface area contributed by atoms with Crippen molar-refractivity contribution in [1.82, 2.24) is 4.90 Å². The van der Waals surface area contributed by atoms with Gasteiger partial charge in [0, 0.05) is 18.8 Å². The number of aliphatic hydroxyl groups is 1. The largest absolute Gasteiger partial charge is 0.444 e. The van der Waals surface area contributed by atoms with Crippen LogP contribution in [0.3, 0.4) is 0 Å². The lowest BCUT2D eigenvalue weighted by atomic mass is 9.98. The van der Waals surface area contributed by atoms with Crippen molar-refractivity contribution in [1.29, 1.82) is 0 Å². The number of alkyl halides is 1. The van der Waals surface area contributed by atoms with Crippen LogP contribution in [0.2, 0.25) is 0 Å². The predicted octanol–water partition coefficient (Wildman–Crippen LogP) is 2.99. The summed E-state index contributed by atoms with van der Waals surface area (Å²) in [5, 5.41) is 12.8. The number of ether oxygens (including phenoxy) is 1. The Kier molecular flexibility index (Phi) is 5.76. The molecule has 2 rings (SSSR count). The molecule has 1 amide bonds. The van der Waals surface area contributed by atoms with Crippen LogP contribution in [0.4, 0.5) is 10.5 Å². The molecule has 2 N–H and O–H groups in total. The summed E-state index contributed by atoms with van der Waals surface area (Å²) in [6.07, 6.45) is -0.0980. The highest BCUT2D eigenvalue weighted by atomic mass is 35.5. The number of rotatable bonds is 4. The monoisotopic (exact) mass is 340 g/mol. The van der Waals surface area contributed by atoms with Gasteiger partial charge in [-0.1, -0.05) is 12.1 Å². The Morgan fingerprint density at radius 2 is 2.22 bits per heavy atom. The Hall–Kier alpha value is -1.46.